The summed E-state index contributed by atoms with van der Waals surface area (Å²) in [6.45, 7) is 7.67. The van der Waals surface area contributed by atoms with Crippen molar-refractivity contribution in [3.63, 3.8) is 0 Å². The molecule has 148 valence electrons. The number of nitrogens with one attached hydrogen (secondary N) is 1. The Labute approximate surface area is 165 Å². The number of imidazole rings is 1. The van der Waals surface area contributed by atoms with E-state index in [9.17, 15) is 9.59 Å². The first kappa shape index (κ1) is 18.5. The Balaban J connectivity index is 1.55. The van der Waals surface area contributed by atoms with E-state index in [1.807, 2.05) is 42.4 Å². The monoisotopic (exact) mass is 381 g/mol. The van der Waals surface area contributed by atoms with Gasteiger partial charge in [-0.1, -0.05) is 6.07 Å². The van der Waals surface area contributed by atoms with Crippen LogP contribution in [0.2, 0.25) is 0 Å². The van der Waals surface area contributed by atoms with E-state index in [4.69, 9.17) is 0 Å². The van der Waals surface area contributed by atoms with Crippen LogP contribution in [0.4, 0.5) is 10.5 Å². The minimum Gasteiger partial charge on any atom is -0.338 e. The number of carbonyl (C=O) groups is 2. The fourth-order valence-electron chi connectivity index (χ4n) is 4.24. The van der Waals surface area contributed by atoms with Gasteiger partial charge in [0.25, 0.3) is 5.91 Å². The summed E-state index contributed by atoms with van der Waals surface area (Å²) in [5, 5.41) is 2.82. The molecule has 0 saturated carbocycles. The minimum atomic E-state index is -0.0999. The molecule has 2 fully saturated rings. The first-order valence-corrected chi connectivity index (χ1v) is 10.0. The van der Waals surface area contributed by atoms with Gasteiger partial charge in [0.2, 0.25) is 0 Å². The van der Waals surface area contributed by atoms with E-state index in [2.05, 4.69) is 21.8 Å². The molecule has 0 spiro atoms. The van der Waals surface area contributed by atoms with Crippen LogP contribution in [0.25, 0.3) is 0 Å². The summed E-state index contributed by atoms with van der Waals surface area (Å²) in [6, 6.07) is 5.56. The number of urea groups is 1. The molecule has 0 aliphatic carbocycles. The number of piperidine rings is 1. The summed E-state index contributed by atoms with van der Waals surface area (Å²) in [4.78, 5) is 33.4. The smallest absolute Gasteiger partial charge is 0.322 e. The van der Waals surface area contributed by atoms with Gasteiger partial charge in [0.15, 0.2) is 0 Å². The highest BCUT2D eigenvalue weighted by molar-refractivity contribution is 5.99. The number of nitrogens with zero attached hydrogens (tertiary/aromatic N) is 4. The average Bonchev–Trinajstić information content (AvgIpc) is 3.36. The van der Waals surface area contributed by atoms with Crippen LogP contribution < -0.4 is 10.2 Å². The number of aromatic nitrogens is 2. The molecule has 2 aromatic rings. The molecule has 1 aromatic heterocycles. The highest BCUT2D eigenvalue weighted by Crippen LogP contribution is 2.28. The molecule has 1 aromatic carbocycles. The highest BCUT2D eigenvalue weighted by atomic mass is 16.2. The topological polar surface area (TPSA) is 70.5 Å². The van der Waals surface area contributed by atoms with Gasteiger partial charge in [0.1, 0.15) is 5.82 Å². The summed E-state index contributed by atoms with van der Waals surface area (Å²) in [5.41, 5.74) is 2.45. The van der Waals surface area contributed by atoms with Crippen LogP contribution in [0, 0.1) is 6.92 Å². The maximum absolute atomic E-state index is 13.2. The second-order valence-corrected chi connectivity index (χ2v) is 7.55. The predicted octanol–water partition coefficient (Wildman–Crippen LogP) is 2.76. The lowest BCUT2D eigenvalue weighted by Crippen LogP contribution is -2.40. The van der Waals surface area contributed by atoms with Crippen molar-refractivity contribution in [3.05, 3.63) is 47.5 Å². The SMILES string of the molecule is CCn1ccnc1C1CCCN(C(=O)c2ccc(C)c(N3CCNC3=O)c2)C1. The van der Waals surface area contributed by atoms with Crippen LogP contribution in [0.15, 0.2) is 30.6 Å². The number of aryl methyl sites for hydroxylation is 2. The Morgan fingerprint density at radius 3 is 2.93 bits per heavy atom. The van der Waals surface area contributed by atoms with E-state index in [1.165, 1.54) is 0 Å². The Kier molecular flexibility index (Phi) is 5.07. The quantitative estimate of drug-likeness (QED) is 0.885. The van der Waals surface area contributed by atoms with Gasteiger partial charge in [-0.05, 0) is 44.4 Å². The van der Waals surface area contributed by atoms with Crippen LogP contribution in [0.1, 0.15) is 47.4 Å². The standard InChI is InChI=1S/C21H27N5O2/c1-3-24-11-8-22-19(24)17-5-4-10-25(14-17)20(27)16-7-6-15(2)18(13-16)26-12-9-23-21(26)28/h6-8,11,13,17H,3-5,9-10,12,14H2,1-2H3,(H,23,28). The molecular weight excluding hydrogens is 354 g/mol. The lowest BCUT2D eigenvalue weighted by atomic mass is 9.96. The molecule has 2 aliphatic rings. The number of amides is 3. The van der Waals surface area contributed by atoms with Crippen molar-refractivity contribution in [1.82, 2.24) is 19.8 Å². The third-order valence-electron chi connectivity index (χ3n) is 5.77. The Hall–Kier alpha value is -2.83. The van der Waals surface area contributed by atoms with Gasteiger partial charge in [-0.15, -0.1) is 0 Å². The lowest BCUT2D eigenvalue weighted by Gasteiger charge is -2.33. The summed E-state index contributed by atoms with van der Waals surface area (Å²) in [7, 11) is 0. The van der Waals surface area contributed by atoms with E-state index in [0.29, 0.717) is 25.2 Å². The summed E-state index contributed by atoms with van der Waals surface area (Å²) < 4.78 is 2.16. The molecular formula is C21H27N5O2. The zero-order valence-electron chi connectivity index (χ0n) is 16.5. The third kappa shape index (κ3) is 3.37. The van der Waals surface area contributed by atoms with Gasteiger partial charge in [-0.3, -0.25) is 9.69 Å². The molecule has 3 amide bonds. The van der Waals surface area contributed by atoms with Crippen LogP contribution in [-0.2, 0) is 6.54 Å². The molecule has 1 N–H and O–H groups in total. The first-order chi connectivity index (χ1) is 13.6. The second kappa shape index (κ2) is 7.66. The molecule has 0 bridgehead atoms. The highest BCUT2D eigenvalue weighted by Gasteiger charge is 2.29. The van der Waals surface area contributed by atoms with E-state index < -0.39 is 0 Å². The molecule has 3 heterocycles. The van der Waals surface area contributed by atoms with Crippen molar-refractivity contribution >= 4 is 17.6 Å². The molecule has 7 nitrogen and oxygen atoms in total. The van der Waals surface area contributed by atoms with Crippen molar-refractivity contribution in [2.24, 2.45) is 0 Å². The molecule has 2 aliphatic heterocycles. The van der Waals surface area contributed by atoms with Gasteiger partial charge >= 0.3 is 6.03 Å². The number of likely N-dealkylation sites (tertiary alicyclic amines) is 1. The molecule has 2 saturated heterocycles. The van der Waals surface area contributed by atoms with Crippen molar-refractivity contribution in [2.45, 2.75) is 39.2 Å². The average molecular weight is 381 g/mol. The Bertz CT molecular complexity index is 891. The van der Waals surface area contributed by atoms with E-state index >= 15 is 0 Å². The molecule has 1 unspecified atom stereocenters. The van der Waals surface area contributed by atoms with Crippen LogP contribution in [-0.4, -0.2) is 52.6 Å². The van der Waals surface area contributed by atoms with Gasteiger partial charge in [-0.25, -0.2) is 9.78 Å². The molecule has 28 heavy (non-hydrogen) atoms. The summed E-state index contributed by atoms with van der Waals surface area (Å²) >= 11 is 0. The van der Waals surface area contributed by atoms with Crippen LogP contribution >= 0.6 is 0 Å². The number of carbonyl (C=O) groups excluding carboxylic acids is 2. The summed E-state index contributed by atoms with van der Waals surface area (Å²) in [5.74, 6) is 1.36. The van der Waals surface area contributed by atoms with Crippen molar-refractivity contribution < 1.29 is 9.59 Å². The fourth-order valence-corrected chi connectivity index (χ4v) is 4.24. The summed E-state index contributed by atoms with van der Waals surface area (Å²) in [6.07, 6.45) is 5.87. The fraction of sp³-hybridized carbons (Fsp3) is 0.476. The largest absolute Gasteiger partial charge is 0.338 e. The number of benzene rings is 1. The normalized spacial score (nSPS) is 19.8. The van der Waals surface area contributed by atoms with Gasteiger partial charge in [0.05, 0.1) is 0 Å². The molecule has 1 atom stereocenters. The van der Waals surface area contributed by atoms with Gasteiger partial charge in [-0.2, -0.15) is 0 Å². The van der Waals surface area contributed by atoms with Crippen LogP contribution in [0.5, 0.6) is 0 Å². The van der Waals surface area contributed by atoms with E-state index in [0.717, 1.165) is 43.0 Å². The molecule has 0 radical (unpaired) electrons. The number of hydrogen-bond donors (Lipinski definition) is 1. The van der Waals surface area contributed by atoms with Crippen molar-refractivity contribution in [2.75, 3.05) is 31.1 Å². The maximum atomic E-state index is 13.2. The number of rotatable bonds is 4. The maximum Gasteiger partial charge on any atom is 0.322 e. The Morgan fingerprint density at radius 1 is 1.32 bits per heavy atom. The predicted molar refractivity (Wildman–Crippen MR) is 108 cm³/mol. The van der Waals surface area contributed by atoms with Gasteiger partial charge in [0, 0.05) is 62.3 Å². The Morgan fingerprint density at radius 2 is 2.18 bits per heavy atom. The van der Waals surface area contributed by atoms with E-state index in [-0.39, 0.29) is 17.9 Å². The minimum absolute atomic E-state index is 0.0279. The zero-order valence-corrected chi connectivity index (χ0v) is 16.5. The molecule has 4 rings (SSSR count). The zero-order chi connectivity index (χ0) is 19.7. The second-order valence-electron chi connectivity index (χ2n) is 7.55. The number of hydrogen-bond acceptors (Lipinski definition) is 3. The van der Waals surface area contributed by atoms with Gasteiger partial charge < -0.3 is 14.8 Å². The first-order valence-electron chi connectivity index (χ1n) is 10.0. The van der Waals surface area contributed by atoms with Crippen molar-refractivity contribution in [3.8, 4) is 0 Å². The van der Waals surface area contributed by atoms with E-state index in [1.54, 1.807) is 4.90 Å². The van der Waals surface area contributed by atoms with Crippen LogP contribution in [0.3, 0.4) is 0 Å². The van der Waals surface area contributed by atoms with Crippen molar-refractivity contribution in [1.29, 1.82) is 0 Å². The molecule has 7 heteroatoms. The lowest BCUT2D eigenvalue weighted by molar-refractivity contribution is 0.0703. The number of anilines is 1. The third-order valence-corrected chi connectivity index (χ3v) is 5.77.